The van der Waals surface area contributed by atoms with E-state index < -0.39 is 0 Å². The first-order chi connectivity index (χ1) is 10.7. The van der Waals surface area contributed by atoms with Crippen LogP contribution in [0.15, 0.2) is 0 Å². The summed E-state index contributed by atoms with van der Waals surface area (Å²) < 4.78 is 11.6. The molecular weight excluding hydrogens is 288 g/mol. The van der Waals surface area contributed by atoms with Crippen molar-refractivity contribution < 1.29 is 9.47 Å². The molecule has 0 aromatic carbocycles. The Labute approximate surface area is 144 Å². The van der Waals surface area contributed by atoms with Gasteiger partial charge in [0.1, 0.15) is 0 Å². The molecule has 0 spiro atoms. The average molecular weight is 329 g/mol. The minimum Gasteiger partial charge on any atom is -0.376 e. The van der Waals surface area contributed by atoms with Gasteiger partial charge in [-0.05, 0) is 67.3 Å². The summed E-state index contributed by atoms with van der Waals surface area (Å²) in [4.78, 5) is 5.13. The highest BCUT2D eigenvalue weighted by molar-refractivity contribution is 4.72. The lowest BCUT2D eigenvalue weighted by atomic mass is 10.2. The van der Waals surface area contributed by atoms with Crippen LogP contribution >= 0.6 is 0 Å². The molecular formula is C19H40N2O2. The highest BCUT2D eigenvalue weighted by atomic mass is 16.5. The monoisotopic (exact) mass is 328 g/mol. The molecule has 0 aromatic rings. The fourth-order valence-electron chi connectivity index (χ4n) is 2.71. The van der Waals surface area contributed by atoms with Gasteiger partial charge in [-0.1, -0.05) is 0 Å². The van der Waals surface area contributed by atoms with Gasteiger partial charge in [-0.3, -0.25) is 4.90 Å². The quantitative estimate of drug-likeness (QED) is 0.606. The van der Waals surface area contributed by atoms with Crippen LogP contribution in [0.2, 0.25) is 0 Å². The van der Waals surface area contributed by atoms with E-state index in [1.165, 1.54) is 52.0 Å². The summed E-state index contributed by atoms with van der Waals surface area (Å²) in [6.07, 6.45) is 3.75. The molecule has 1 aliphatic heterocycles. The van der Waals surface area contributed by atoms with Crippen LogP contribution in [0, 0.1) is 0 Å². The van der Waals surface area contributed by atoms with Crippen molar-refractivity contribution >= 4 is 0 Å². The van der Waals surface area contributed by atoms with E-state index in [1.807, 2.05) is 0 Å². The molecule has 0 aromatic heterocycles. The van der Waals surface area contributed by atoms with E-state index >= 15 is 0 Å². The molecule has 0 atom stereocenters. The molecule has 4 nitrogen and oxygen atoms in total. The summed E-state index contributed by atoms with van der Waals surface area (Å²) in [5.74, 6) is 0. The predicted octanol–water partition coefficient (Wildman–Crippen LogP) is 3.40. The number of hydrogen-bond donors (Lipinski definition) is 0. The normalized spacial score (nSPS) is 18.5. The molecule has 1 fully saturated rings. The van der Waals surface area contributed by atoms with E-state index in [0.29, 0.717) is 0 Å². The Balaban J connectivity index is 1.98. The van der Waals surface area contributed by atoms with Crippen molar-refractivity contribution in [3.8, 4) is 0 Å². The predicted molar refractivity (Wildman–Crippen MR) is 98.1 cm³/mol. The Bertz CT molecular complexity index is 297. The van der Waals surface area contributed by atoms with Gasteiger partial charge in [0.25, 0.3) is 0 Å². The minimum absolute atomic E-state index is 0.00698. The molecule has 1 saturated heterocycles. The molecule has 0 unspecified atom stereocenters. The Kier molecular flexibility index (Phi) is 9.06. The van der Waals surface area contributed by atoms with E-state index in [0.717, 1.165) is 19.8 Å². The van der Waals surface area contributed by atoms with Crippen LogP contribution in [0.3, 0.4) is 0 Å². The van der Waals surface area contributed by atoms with E-state index in [4.69, 9.17) is 9.47 Å². The van der Waals surface area contributed by atoms with Gasteiger partial charge in [-0.15, -0.1) is 0 Å². The zero-order valence-corrected chi connectivity index (χ0v) is 16.5. The molecule has 1 aliphatic rings. The Morgan fingerprint density at radius 3 is 1.61 bits per heavy atom. The Morgan fingerprint density at radius 1 is 0.609 bits per heavy atom. The molecule has 4 heteroatoms. The molecule has 23 heavy (non-hydrogen) atoms. The number of unbranched alkanes of at least 4 members (excludes halogenated alkanes) is 2. The summed E-state index contributed by atoms with van der Waals surface area (Å²) in [5.41, 5.74) is -0.00837. The fraction of sp³-hybridized carbons (Fsp3) is 1.00. The molecule has 0 saturated carbocycles. The first kappa shape index (κ1) is 20.9. The van der Waals surface area contributed by atoms with Crippen molar-refractivity contribution in [2.75, 3.05) is 52.5 Å². The van der Waals surface area contributed by atoms with Crippen LogP contribution in [0.25, 0.3) is 0 Å². The zero-order valence-electron chi connectivity index (χ0n) is 16.5. The van der Waals surface area contributed by atoms with Gasteiger partial charge >= 0.3 is 0 Å². The van der Waals surface area contributed by atoms with E-state index in [9.17, 15) is 0 Å². The maximum absolute atomic E-state index is 5.82. The van der Waals surface area contributed by atoms with Gasteiger partial charge in [0, 0.05) is 39.3 Å². The summed E-state index contributed by atoms with van der Waals surface area (Å²) >= 11 is 0. The van der Waals surface area contributed by atoms with Gasteiger partial charge in [0.05, 0.1) is 17.8 Å². The smallest absolute Gasteiger partial charge is 0.0600 e. The molecule has 0 aliphatic carbocycles. The van der Waals surface area contributed by atoms with Gasteiger partial charge in [0.2, 0.25) is 0 Å². The second-order valence-corrected chi connectivity index (χ2v) is 8.67. The first-order valence-corrected chi connectivity index (χ1v) is 9.38. The Morgan fingerprint density at radius 2 is 1.09 bits per heavy atom. The van der Waals surface area contributed by atoms with Crippen LogP contribution in [0.5, 0.6) is 0 Å². The second-order valence-electron chi connectivity index (χ2n) is 8.67. The lowest BCUT2D eigenvalue weighted by Gasteiger charge is -2.35. The fourth-order valence-corrected chi connectivity index (χ4v) is 2.71. The van der Waals surface area contributed by atoms with E-state index in [1.54, 1.807) is 0 Å². The third-order valence-corrected chi connectivity index (χ3v) is 4.06. The van der Waals surface area contributed by atoms with Crippen LogP contribution < -0.4 is 0 Å². The van der Waals surface area contributed by atoms with Gasteiger partial charge < -0.3 is 14.4 Å². The Hall–Kier alpha value is -0.160. The van der Waals surface area contributed by atoms with Crippen LogP contribution in [-0.4, -0.2) is 73.5 Å². The minimum atomic E-state index is -0.0154. The average Bonchev–Trinajstić information content (AvgIpc) is 2.42. The third-order valence-electron chi connectivity index (χ3n) is 4.06. The molecule has 1 rings (SSSR count). The highest BCUT2D eigenvalue weighted by Gasteiger charge is 2.17. The van der Waals surface area contributed by atoms with Gasteiger partial charge in [0.15, 0.2) is 0 Å². The van der Waals surface area contributed by atoms with Crippen molar-refractivity contribution in [3.63, 3.8) is 0 Å². The summed E-state index contributed by atoms with van der Waals surface area (Å²) in [6.45, 7) is 21.5. The SMILES string of the molecule is CC(C)(C)OCCCCCN1CCN(CCOC(C)(C)C)CC1. The van der Waals surface area contributed by atoms with E-state index in [-0.39, 0.29) is 11.2 Å². The van der Waals surface area contributed by atoms with Crippen LogP contribution in [0.1, 0.15) is 60.8 Å². The van der Waals surface area contributed by atoms with Crippen molar-refractivity contribution in [1.82, 2.24) is 9.80 Å². The lowest BCUT2D eigenvalue weighted by Crippen LogP contribution is -2.47. The van der Waals surface area contributed by atoms with Crippen LogP contribution in [-0.2, 0) is 9.47 Å². The van der Waals surface area contributed by atoms with Crippen LogP contribution in [0.4, 0.5) is 0 Å². The van der Waals surface area contributed by atoms with Gasteiger partial charge in [-0.2, -0.15) is 0 Å². The molecule has 0 bridgehead atoms. The van der Waals surface area contributed by atoms with Crippen molar-refractivity contribution in [1.29, 1.82) is 0 Å². The number of hydrogen-bond acceptors (Lipinski definition) is 4. The summed E-state index contributed by atoms with van der Waals surface area (Å²) in [5, 5.41) is 0. The van der Waals surface area contributed by atoms with Gasteiger partial charge in [-0.25, -0.2) is 0 Å². The lowest BCUT2D eigenvalue weighted by molar-refractivity contribution is -0.0179. The highest BCUT2D eigenvalue weighted by Crippen LogP contribution is 2.10. The molecule has 0 radical (unpaired) electrons. The third kappa shape index (κ3) is 11.9. The summed E-state index contributed by atoms with van der Waals surface area (Å²) in [7, 11) is 0. The zero-order chi connectivity index (χ0) is 17.3. The second kappa shape index (κ2) is 9.97. The molecule has 0 amide bonds. The summed E-state index contributed by atoms with van der Waals surface area (Å²) in [6, 6.07) is 0. The number of rotatable bonds is 9. The molecule has 138 valence electrons. The first-order valence-electron chi connectivity index (χ1n) is 9.38. The van der Waals surface area contributed by atoms with Crippen molar-refractivity contribution in [3.05, 3.63) is 0 Å². The molecule has 1 heterocycles. The van der Waals surface area contributed by atoms with Crippen molar-refractivity contribution in [2.24, 2.45) is 0 Å². The largest absolute Gasteiger partial charge is 0.376 e. The number of ether oxygens (including phenoxy) is 2. The van der Waals surface area contributed by atoms with Crippen molar-refractivity contribution in [2.45, 2.75) is 72.0 Å². The maximum atomic E-state index is 5.82. The molecule has 0 N–H and O–H groups in total. The maximum Gasteiger partial charge on any atom is 0.0600 e. The standard InChI is InChI=1S/C19H40N2O2/c1-18(2,3)22-16-9-7-8-10-20-11-13-21(14-12-20)15-17-23-19(4,5)6/h7-17H2,1-6H3. The van der Waals surface area contributed by atoms with E-state index in [2.05, 4.69) is 51.3 Å². The number of piperazine rings is 1. The topological polar surface area (TPSA) is 24.9 Å². The number of nitrogens with zero attached hydrogens (tertiary/aromatic N) is 2.